The number of aromatic nitrogens is 1. The molecule has 0 bridgehead atoms. The molecule has 0 unspecified atom stereocenters. The van der Waals surface area contributed by atoms with Crippen LogP contribution in [-0.4, -0.2) is 17.1 Å². The van der Waals surface area contributed by atoms with Crippen molar-refractivity contribution in [3.63, 3.8) is 0 Å². The van der Waals surface area contributed by atoms with Gasteiger partial charge in [0.05, 0.1) is 18.2 Å². The lowest BCUT2D eigenvalue weighted by Crippen LogP contribution is -2.19. The fourth-order valence-electron chi connectivity index (χ4n) is 2.47. The van der Waals surface area contributed by atoms with E-state index in [1.54, 1.807) is 48.7 Å². The van der Waals surface area contributed by atoms with Gasteiger partial charge in [-0.25, -0.2) is 9.37 Å². The third-order valence-electron chi connectivity index (χ3n) is 3.81. The largest absolute Gasteiger partial charge is 0.313 e. The van der Waals surface area contributed by atoms with Gasteiger partial charge in [0, 0.05) is 17.5 Å². The van der Waals surface area contributed by atoms with E-state index in [1.807, 2.05) is 4.90 Å². The van der Waals surface area contributed by atoms with Crippen molar-refractivity contribution in [2.45, 2.75) is 6.54 Å². The van der Waals surface area contributed by atoms with Gasteiger partial charge >= 0.3 is 0 Å². The molecule has 0 saturated heterocycles. The number of nitriles is 1. The van der Waals surface area contributed by atoms with E-state index in [4.69, 9.17) is 5.26 Å². The predicted octanol–water partition coefficient (Wildman–Crippen LogP) is 5.26. The first-order valence-corrected chi connectivity index (χ1v) is 10.9. The molecule has 0 aliphatic carbocycles. The molecule has 1 heterocycles. The number of nitrogens with zero attached hydrogens (tertiary/aromatic N) is 3. The number of nitrogens with one attached hydrogen (secondary N) is 1. The predicted molar refractivity (Wildman–Crippen MR) is 114 cm³/mol. The highest BCUT2D eigenvalue weighted by atomic mass is 79.9. The molecule has 3 rings (SSSR count). The summed E-state index contributed by atoms with van der Waals surface area (Å²) in [4.78, 5) is 18.5. The highest BCUT2D eigenvalue weighted by Gasteiger charge is 2.22. The number of hydrogen-bond acceptors (Lipinski definition) is 6. The first kappa shape index (κ1) is 20.3. The van der Waals surface area contributed by atoms with E-state index in [0.717, 1.165) is 5.69 Å². The van der Waals surface area contributed by atoms with Gasteiger partial charge in [-0.3, -0.25) is 9.52 Å². The van der Waals surface area contributed by atoms with E-state index in [0.29, 0.717) is 20.0 Å². The molecule has 0 spiro atoms. The van der Waals surface area contributed by atoms with Crippen LogP contribution in [0, 0.1) is 17.1 Å². The molecule has 0 aliphatic rings. The summed E-state index contributed by atoms with van der Waals surface area (Å²) >= 11 is 5.86. The number of rotatable bonds is 6. The molecule has 2 aromatic carbocycles. The Hall–Kier alpha value is -2.41. The number of benzene rings is 2. The Morgan fingerprint density at radius 1 is 1.32 bits per heavy atom. The quantitative estimate of drug-likeness (QED) is 0.491. The molecular formula is C19H14BrFN4OS2. The SMILES string of the molecule is CSNC(=O)c1nc(N(Cc2ccccc2F)c2ccc(C#N)cc2)sc1Br. The lowest BCUT2D eigenvalue weighted by Gasteiger charge is -2.22. The van der Waals surface area contributed by atoms with Crippen molar-refractivity contribution >= 4 is 55.9 Å². The van der Waals surface area contributed by atoms with Crippen molar-refractivity contribution < 1.29 is 9.18 Å². The normalized spacial score (nSPS) is 10.4. The molecule has 9 heteroatoms. The summed E-state index contributed by atoms with van der Waals surface area (Å²) in [5.74, 6) is -0.635. The van der Waals surface area contributed by atoms with Crippen molar-refractivity contribution in [1.82, 2.24) is 9.71 Å². The molecule has 1 aromatic heterocycles. The fourth-order valence-corrected chi connectivity index (χ4v) is 4.27. The number of thiazole rings is 1. The van der Waals surface area contributed by atoms with E-state index in [2.05, 4.69) is 31.7 Å². The van der Waals surface area contributed by atoms with Gasteiger partial charge < -0.3 is 4.90 Å². The zero-order valence-corrected chi connectivity index (χ0v) is 17.9. The van der Waals surface area contributed by atoms with Gasteiger partial charge in [0.15, 0.2) is 10.8 Å². The van der Waals surface area contributed by atoms with E-state index in [9.17, 15) is 9.18 Å². The molecule has 0 fully saturated rings. The van der Waals surface area contributed by atoms with Crippen LogP contribution in [-0.2, 0) is 6.54 Å². The highest BCUT2D eigenvalue weighted by Crippen LogP contribution is 2.36. The van der Waals surface area contributed by atoms with Gasteiger partial charge in [0.1, 0.15) is 9.60 Å². The number of halogens is 2. The molecule has 0 radical (unpaired) electrons. The molecule has 1 N–H and O–H groups in total. The minimum Gasteiger partial charge on any atom is -0.313 e. The van der Waals surface area contributed by atoms with Crippen LogP contribution >= 0.6 is 39.2 Å². The smallest absolute Gasteiger partial charge is 0.281 e. The number of carbonyl (C=O) groups is 1. The van der Waals surface area contributed by atoms with Crippen molar-refractivity contribution in [3.05, 3.63) is 75.0 Å². The second-order valence-corrected chi connectivity index (χ2v) is 8.50. The van der Waals surface area contributed by atoms with Crippen LogP contribution in [0.5, 0.6) is 0 Å². The summed E-state index contributed by atoms with van der Waals surface area (Å²) in [6.45, 7) is 0.224. The Balaban J connectivity index is 2.03. The summed E-state index contributed by atoms with van der Waals surface area (Å²) in [7, 11) is 0. The van der Waals surface area contributed by atoms with Gasteiger partial charge in [0.2, 0.25) is 0 Å². The lowest BCUT2D eigenvalue weighted by atomic mass is 10.1. The molecule has 0 aliphatic heterocycles. The van der Waals surface area contributed by atoms with Crippen LogP contribution in [0.15, 0.2) is 52.3 Å². The van der Waals surface area contributed by atoms with Crippen LogP contribution in [0.25, 0.3) is 0 Å². The van der Waals surface area contributed by atoms with Gasteiger partial charge in [-0.2, -0.15) is 5.26 Å². The Morgan fingerprint density at radius 2 is 2.04 bits per heavy atom. The molecular weight excluding hydrogens is 463 g/mol. The Kier molecular flexibility index (Phi) is 6.67. The van der Waals surface area contributed by atoms with Gasteiger partial charge in [-0.1, -0.05) is 41.5 Å². The molecule has 142 valence electrons. The Labute approximate surface area is 178 Å². The second kappa shape index (κ2) is 9.19. The van der Waals surface area contributed by atoms with Crippen molar-refractivity contribution in [3.8, 4) is 6.07 Å². The van der Waals surface area contributed by atoms with Gasteiger partial charge in [0.25, 0.3) is 5.91 Å². The summed E-state index contributed by atoms with van der Waals surface area (Å²) in [5.41, 5.74) is 2.02. The monoisotopic (exact) mass is 476 g/mol. The maximum absolute atomic E-state index is 14.3. The molecule has 0 saturated carbocycles. The molecule has 3 aromatic rings. The van der Waals surface area contributed by atoms with Crippen molar-refractivity contribution in [2.24, 2.45) is 0 Å². The van der Waals surface area contributed by atoms with Gasteiger partial charge in [-0.05, 0) is 46.3 Å². The van der Waals surface area contributed by atoms with E-state index in [-0.39, 0.29) is 24.0 Å². The Morgan fingerprint density at radius 3 is 2.68 bits per heavy atom. The van der Waals surface area contributed by atoms with E-state index < -0.39 is 0 Å². The average molecular weight is 477 g/mol. The molecule has 5 nitrogen and oxygen atoms in total. The maximum Gasteiger partial charge on any atom is 0.281 e. The summed E-state index contributed by atoms with van der Waals surface area (Å²) in [6, 6.07) is 15.5. The number of anilines is 2. The van der Waals surface area contributed by atoms with E-state index >= 15 is 0 Å². The third kappa shape index (κ3) is 4.52. The molecule has 1 amide bonds. The number of carbonyl (C=O) groups excluding carboxylic acids is 1. The Bertz CT molecular complexity index is 1030. The minimum atomic E-state index is -0.322. The zero-order valence-electron chi connectivity index (χ0n) is 14.6. The van der Waals surface area contributed by atoms with Crippen LogP contribution in [0.2, 0.25) is 0 Å². The highest BCUT2D eigenvalue weighted by molar-refractivity contribution is 9.11. The summed E-state index contributed by atoms with van der Waals surface area (Å²) < 4.78 is 17.5. The zero-order chi connectivity index (χ0) is 20.1. The van der Waals surface area contributed by atoms with E-state index in [1.165, 1.54) is 29.4 Å². The standard InChI is InChI=1S/C19H14BrFN4OS2/c1-27-24-18(26)16-17(20)28-19(23-16)25(11-13-4-2-3-5-15(13)21)14-8-6-12(10-22)7-9-14/h2-9H,11H2,1H3,(H,24,26). The van der Waals surface area contributed by atoms with Crippen LogP contribution < -0.4 is 9.62 Å². The van der Waals surface area contributed by atoms with Crippen LogP contribution in [0.3, 0.4) is 0 Å². The first-order chi connectivity index (χ1) is 13.5. The summed E-state index contributed by atoms with van der Waals surface area (Å²) in [5, 5.41) is 9.56. The van der Waals surface area contributed by atoms with Crippen LogP contribution in [0.1, 0.15) is 21.6 Å². The average Bonchev–Trinajstić information content (AvgIpc) is 3.09. The maximum atomic E-state index is 14.3. The number of amides is 1. The topological polar surface area (TPSA) is 69.0 Å². The molecule has 28 heavy (non-hydrogen) atoms. The lowest BCUT2D eigenvalue weighted by molar-refractivity contribution is 0.0980. The summed E-state index contributed by atoms with van der Waals surface area (Å²) in [6.07, 6.45) is 1.75. The van der Waals surface area contributed by atoms with Gasteiger partial charge in [-0.15, -0.1) is 0 Å². The third-order valence-corrected chi connectivity index (χ3v) is 5.93. The minimum absolute atomic E-state index is 0.224. The first-order valence-electron chi connectivity index (χ1n) is 8.04. The van der Waals surface area contributed by atoms with Crippen LogP contribution in [0.4, 0.5) is 15.2 Å². The second-order valence-electron chi connectivity index (χ2n) is 5.59. The fraction of sp³-hybridized carbons (Fsp3) is 0.105. The molecule has 0 atom stereocenters. The van der Waals surface area contributed by atoms with Crippen molar-refractivity contribution in [1.29, 1.82) is 5.26 Å². The number of hydrogen-bond donors (Lipinski definition) is 1. The van der Waals surface area contributed by atoms with Crippen molar-refractivity contribution in [2.75, 3.05) is 11.2 Å².